The molecule has 1 N–H and O–H groups in total. The van der Waals surface area contributed by atoms with E-state index < -0.39 is 11.9 Å². The topological polar surface area (TPSA) is 71.8 Å². The van der Waals surface area contributed by atoms with Gasteiger partial charge < -0.3 is 19.4 Å². The molecule has 3 rings (SSSR count). The lowest BCUT2D eigenvalue weighted by Gasteiger charge is -2.17. The monoisotopic (exact) mass is 348 g/mol. The minimum Gasteiger partial charge on any atom is -0.453 e. The van der Waals surface area contributed by atoms with Crippen LogP contribution in [0.15, 0.2) is 40.8 Å². The van der Waals surface area contributed by atoms with Crippen molar-refractivity contribution in [3.05, 3.63) is 52.9 Å². The first-order valence-electron chi connectivity index (χ1n) is 7.54. The Morgan fingerprint density at radius 2 is 2.08 bits per heavy atom. The number of anilines is 1. The minimum absolute atomic E-state index is 0.144. The van der Waals surface area contributed by atoms with Crippen LogP contribution in [-0.2, 0) is 16.1 Å². The van der Waals surface area contributed by atoms with Gasteiger partial charge >= 0.3 is 0 Å². The molecule has 2 heterocycles. The average Bonchev–Trinajstić information content (AvgIpc) is 3.17. The zero-order valence-electron chi connectivity index (χ0n) is 13.1. The Kier molecular flexibility index (Phi) is 4.87. The van der Waals surface area contributed by atoms with Gasteiger partial charge in [-0.2, -0.15) is 0 Å². The average molecular weight is 349 g/mol. The van der Waals surface area contributed by atoms with Crippen LogP contribution in [0.4, 0.5) is 5.69 Å². The first-order chi connectivity index (χ1) is 11.6. The molecule has 1 fully saturated rings. The summed E-state index contributed by atoms with van der Waals surface area (Å²) in [5.41, 5.74) is 0.765. The number of ether oxygens (including phenoxy) is 1. The fraction of sp³-hybridized carbons (Fsp3) is 0.294. The zero-order chi connectivity index (χ0) is 17.1. The molecule has 1 aromatic heterocycles. The lowest BCUT2D eigenvalue weighted by atomic mass is 10.2. The highest BCUT2D eigenvalue weighted by Gasteiger charge is 2.34. The molecule has 7 heteroatoms. The molecular weight excluding hydrogens is 332 g/mol. The van der Waals surface area contributed by atoms with Gasteiger partial charge in [0.1, 0.15) is 18.4 Å². The molecule has 0 radical (unpaired) electrons. The van der Waals surface area contributed by atoms with E-state index in [2.05, 4.69) is 5.32 Å². The molecule has 6 nitrogen and oxygen atoms in total. The van der Waals surface area contributed by atoms with Gasteiger partial charge in [0.15, 0.2) is 5.76 Å². The van der Waals surface area contributed by atoms with Gasteiger partial charge in [0.05, 0.1) is 0 Å². The van der Waals surface area contributed by atoms with Gasteiger partial charge in [0.25, 0.3) is 5.91 Å². The van der Waals surface area contributed by atoms with Gasteiger partial charge in [0, 0.05) is 24.4 Å². The van der Waals surface area contributed by atoms with Crippen LogP contribution in [0.1, 0.15) is 22.7 Å². The van der Waals surface area contributed by atoms with Crippen molar-refractivity contribution < 1.29 is 18.7 Å². The Balaban J connectivity index is 1.64. The van der Waals surface area contributed by atoms with Gasteiger partial charge in [-0.05, 0) is 42.8 Å². The third-order valence-corrected chi connectivity index (χ3v) is 4.07. The van der Waals surface area contributed by atoms with Crippen LogP contribution in [0.3, 0.4) is 0 Å². The smallest absolute Gasteiger partial charge is 0.287 e. The first-order valence-corrected chi connectivity index (χ1v) is 7.92. The van der Waals surface area contributed by atoms with Gasteiger partial charge in [-0.1, -0.05) is 11.6 Å². The number of furan rings is 1. The van der Waals surface area contributed by atoms with Crippen molar-refractivity contribution >= 4 is 29.1 Å². The second-order valence-electron chi connectivity index (χ2n) is 5.48. The van der Waals surface area contributed by atoms with E-state index in [0.29, 0.717) is 30.4 Å². The highest BCUT2D eigenvalue weighted by atomic mass is 35.5. The summed E-state index contributed by atoms with van der Waals surface area (Å²) in [4.78, 5) is 26.3. The Labute approximate surface area is 144 Å². The van der Waals surface area contributed by atoms with Crippen molar-refractivity contribution in [2.45, 2.75) is 19.1 Å². The number of nitrogens with one attached hydrogen (secondary N) is 1. The molecule has 0 bridgehead atoms. The molecule has 0 aliphatic carbocycles. The number of halogens is 1. The summed E-state index contributed by atoms with van der Waals surface area (Å²) < 4.78 is 10.3. The predicted octanol–water partition coefficient (Wildman–Crippen LogP) is 2.61. The third kappa shape index (κ3) is 3.44. The van der Waals surface area contributed by atoms with E-state index in [1.807, 2.05) is 0 Å². The first kappa shape index (κ1) is 16.5. The SMILES string of the molecule is COCc1ccc(C(=O)NC2CCN(c3ccc(Cl)cc3)C2=O)o1. The summed E-state index contributed by atoms with van der Waals surface area (Å²) >= 11 is 5.86. The van der Waals surface area contributed by atoms with Crippen molar-refractivity contribution in [2.24, 2.45) is 0 Å². The fourth-order valence-corrected chi connectivity index (χ4v) is 2.77. The van der Waals surface area contributed by atoms with E-state index in [0.717, 1.165) is 5.69 Å². The summed E-state index contributed by atoms with van der Waals surface area (Å²) in [5.74, 6) is 0.172. The second-order valence-corrected chi connectivity index (χ2v) is 5.92. The summed E-state index contributed by atoms with van der Waals surface area (Å²) in [6.07, 6.45) is 0.541. The van der Waals surface area contributed by atoms with Crippen molar-refractivity contribution in [3.63, 3.8) is 0 Å². The number of amides is 2. The van der Waals surface area contributed by atoms with Gasteiger partial charge in [0.2, 0.25) is 5.91 Å². The van der Waals surface area contributed by atoms with E-state index in [1.165, 1.54) is 0 Å². The van der Waals surface area contributed by atoms with E-state index in [-0.39, 0.29) is 11.7 Å². The number of hydrogen-bond acceptors (Lipinski definition) is 4. The largest absolute Gasteiger partial charge is 0.453 e. The summed E-state index contributed by atoms with van der Waals surface area (Å²) in [6, 6.07) is 9.72. The number of nitrogens with zero attached hydrogens (tertiary/aromatic N) is 1. The molecule has 2 amide bonds. The molecule has 24 heavy (non-hydrogen) atoms. The normalized spacial score (nSPS) is 17.3. The third-order valence-electron chi connectivity index (χ3n) is 3.82. The molecule has 0 saturated carbocycles. The number of carbonyl (C=O) groups is 2. The molecule has 1 atom stereocenters. The molecule has 1 aliphatic heterocycles. The van der Waals surface area contributed by atoms with Crippen LogP contribution >= 0.6 is 11.6 Å². The van der Waals surface area contributed by atoms with E-state index >= 15 is 0 Å². The number of benzene rings is 1. The van der Waals surface area contributed by atoms with Crippen molar-refractivity contribution in [3.8, 4) is 0 Å². The highest BCUT2D eigenvalue weighted by Crippen LogP contribution is 2.23. The van der Waals surface area contributed by atoms with Crippen LogP contribution in [0.5, 0.6) is 0 Å². The Morgan fingerprint density at radius 3 is 2.79 bits per heavy atom. The van der Waals surface area contributed by atoms with Gasteiger partial charge in [-0.15, -0.1) is 0 Å². The molecule has 126 valence electrons. The van der Waals surface area contributed by atoms with E-state index in [9.17, 15) is 9.59 Å². The van der Waals surface area contributed by atoms with Crippen LogP contribution in [0, 0.1) is 0 Å². The van der Waals surface area contributed by atoms with Crippen molar-refractivity contribution in [1.82, 2.24) is 5.32 Å². The fourth-order valence-electron chi connectivity index (χ4n) is 2.64. The van der Waals surface area contributed by atoms with Gasteiger partial charge in [-0.3, -0.25) is 9.59 Å². The minimum atomic E-state index is -0.566. The maximum absolute atomic E-state index is 12.5. The molecule has 1 aromatic carbocycles. The number of carbonyl (C=O) groups excluding carboxylic acids is 2. The molecule has 2 aromatic rings. The summed E-state index contributed by atoms with van der Waals surface area (Å²) in [5, 5.41) is 3.33. The lowest BCUT2D eigenvalue weighted by Crippen LogP contribution is -2.41. The predicted molar refractivity (Wildman–Crippen MR) is 89.1 cm³/mol. The van der Waals surface area contributed by atoms with Crippen molar-refractivity contribution in [1.29, 1.82) is 0 Å². The number of hydrogen-bond donors (Lipinski definition) is 1. The number of methoxy groups -OCH3 is 1. The Hall–Kier alpha value is -2.31. The molecular formula is C17H17ClN2O4. The van der Waals surface area contributed by atoms with Crippen LogP contribution in [0.2, 0.25) is 5.02 Å². The van der Waals surface area contributed by atoms with E-state index in [1.54, 1.807) is 48.4 Å². The van der Waals surface area contributed by atoms with E-state index in [4.69, 9.17) is 20.8 Å². The standard InChI is InChI=1S/C17H17ClN2O4/c1-23-10-13-6-7-15(24-13)16(21)19-14-8-9-20(17(14)22)12-4-2-11(18)3-5-12/h2-7,14H,8-10H2,1H3,(H,19,21). The zero-order valence-corrected chi connectivity index (χ0v) is 13.9. The summed E-state index contributed by atoms with van der Waals surface area (Å²) in [6.45, 7) is 0.832. The Morgan fingerprint density at radius 1 is 1.33 bits per heavy atom. The van der Waals surface area contributed by atoms with Gasteiger partial charge in [-0.25, -0.2) is 0 Å². The molecule has 1 saturated heterocycles. The van der Waals surface area contributed by atoms with Crippen LogP contribution < -0.4 is 10.2 Å². The highest BCUT2D eigenvalue weighted by molar-refractivity contribution is 6.30. The number of rotatable bonds is 5. The van der Waals surface area contributed by atoms with Crippen LogP contribution in [0.25, 0.3) is 0 Å². The molecule has 1 unspecified atom stereocenters. The maximum Gasteiger partial charge on any atom is 0.287 e. The summed E-state index contributed by atoms with van der Waals surface area (Å²) in [7, 11) is 1.55. The van der Waals surface area contributed by atoms with Crippen LogP contribution in [-0.4, -0.2) is 31.5 Å². The quantitative estimate of drug-likeness (QED) is 0.901. The lowest BCUT2D eigenvalue weighted by molar-refractivity contribution is -0.118. The molecule has 1 aliphatic rings. The van der Waals surface area contributed by atoms with Crippen molar-refractivity contribution in [2.75, 3.05) is 18.6 Å². The maximum atomic E-state index is 12.5. The second kappa shape index (κ2) is 7.07. The molecule has 0 spiro atoms. The Bertz CT molecular complexity index is 741.